The van der Waals surface area contributed by atoms with Crippen molar-refractivity contribution in [2.75, 3.05) is 39.6 Å². The van der Waals surface area contributed by atoms with Gasteiger partial charge in [-0.15, -0.1) is 0 Å². The maximum Gasteiger partial charge on any atom is 0.472 e. The van der Waals surface area contributed by atoms with Crippen LogP contribution < -0.4 is 0 Å². The minimum atomic E-state index is -4.97. The Labute approximate surface area is 638 Å². The van der Waals surface area contributed by atoms with Crippen molar-refractivity contribution >= 4 is 39.5 Å². The fourth-order valence-electron chi connectivity index (χ4n) is 13.2. The molecule has 17 nitrogen and oxygen atoms in total. The second-order valence-corrected chi connectivity index (χ2v) is 34.7. The van der Waals surface area contributed by atoms with Crippen LogP contribution in [0.5, 0.6) is 0 Å². The van der Waals surface area contributed by atoms with Gasteiger partial charge in [0.1, 0.15) is 19.3 Å². The normalized spacial score (nSPS) is 14.2. The lowest BCUT2D eigenvalue weighted by atomic mass is 9.99. The van der Waals surface area contributed by atoms with Crippen molar-refractivity contribution < 1.29 is 80.2 Å². The summed E-state index contributed by atoms with van der Waals surface area (Å²) in [7, 11) is -9.93. The minimum absolute atomic E-state index is 0.108. The number of carbonyl (C=O) groups is 4. The van der Waals surface area contributed by atoms with Gasteiger partial charge in [-0.3, -0.25) is 37.3 Å². The summed E-state index contributed by atoms with van der Waals surface area (Å²) in [6, 6.07) is 0. The second kappa shape index (κ2) is 75.1. The highest BCUT2D eigenvalue weighted by molar-refractivity contribution is 7.47. The Morgan fingerprint density at radius 3 is 0.731 bits per heavy atom. The molecule has 0 heterocycles. The number of rotatable bonds is 83. The molecule has 19 heteroatoms. The first kappa shape index (κ1) is 102. The van der Waals surface area contributed by atoms with Crippen LogP contribution in [0.15, 0.2) is 0 Å². The predicted octanol–water partition coefficient (Wildman–Crippen LogP) is 25.7. The van der Waals surface area contributed by atoms with E-state index in [2.05, 4.69) is 48.5 Å². The van der Waals surface area contributed by atoms with Crippen LogP contribution in [0.4, 0.5) is 0 Å². The van der Waals surface area contributed by atoms with Gasteiger partial charge in [-0.2, -0.15) is 0 Å². The molecule has 3 unspecified atom stereocenters. The highest BCUT2D eigenvalue weighted by Crippen LogP contribution is 2.45. The predicted molar refractivity (Wildman–Crippen MR) is 428 cm³/mol. The van der Waals surface area contributed by atoms with E-state index in [1.165, 1.54) is 257 Å². The molecule has 0 amide bonds. The third-order valence-electron chi connectivity index (χ3n) is 20.2. The van der Waals surface area contributed by atoms with Gasteiger partial charge in [-0.1, -0.05) is 395 Å². The van der Waals surface area contributed by atoms with Crippen LogP contribution in [-0.2, 0) is 65.4 Å². The molecule has 6 atom stereocenters. The standard InChI is InChI=1S/C85H166O17P2/c1-8-10-11-12-13-14-15-16-25-31-40-47-54-61-68-84(89)102-81(73-96-83(88)67-60-53-46-39-34-33-36-43-50-57-64-77(5)6)75-100-104(93,94)98-71-79(86)70-97-103(91,92)99-74-80(72-95-82(87)66-59-52-45-38-30-26-22-21-24-29-37-44-51-58-65-78(7)9-2)101-85(90)69-62-55-48-41-32-27-20-18-17-19-23-28-35-42-49-56-63-76(3)4/h76-81,86H,8-75H2,1-7H3,(H,91,92)(H,93,94)/t78?,79-,80-,81-/m1/s1. The maximum absolute atomic E-state index is 13.1. The zero-order chi connectivity index (χ0) is 76.5. The van der Waals surface area contributed by atoms with Crippen molar-refractivity contribution in [1.29, 1.82) is 0 Å². The van der Waals surface area contributed by atoms with Gasteiger partial charge in [0.15, 0.2) is 12.2 Å². The Kier molecular flexibility index (Phi) is 73.7. The summed E-state index contributed by atoms with van der Waals surface area (Å²) in [6.45, 7) is 12.1. The summed E-state index contributed by atoms with van der Waals surface area (Å²) in [6.07, 6.45) is 65.0. The number of unbranched alkanes of at least 4 members (excludes halogenated alkanes) is 50. The van der Waals surface area contributed by atoms with E-state index in [0.29, 0.717) is 25.7 Å². The fraction of sp³-hybridized carbons (Fsp3) is 0.953. The molecule has 0 aromatic carbocycles. The molecule has 0 aliphatic rings. The van der Waals surface area contributed by atoms with Crippen molar-refractivity contribution in [2.24, 2.45) is 17.8 Å². The molecule has 0 saturated heterocycles. The van der Waals surface area contributed by atoms with Crippen molar-refractivity contribution in [2.45, 2.75) is 465 Å². The maximum atomic E-state index is 13.1. The molecule has 0 aliphatic heterocycles. The van der Waals surface area contributed by atoms with Crippen LogP contribution in [0.2, 0.25) is 0 Å². The molecular formula is C85H166O17P2. The summed E-state index contributed by atoms with van der Waals surface area (Å²) in [5.74, 6) is 0.314. The molecule has 0 radical (unpaired) electrons. The fourth-order valence-corrected chi connectivity index (χ4v) is 14.7. The largest absolute Gasteiger partial charge is 0.472 e. The zero-order valence-electron chi connectivity index (χ0n) is 68.5. The number of esters is 4. The van der Waals surface area contributed by atoms with E-state index in [9.17, 15) is 43.2 Å². The van der Waals surface area contributed by atoms with E-state index in [1.54, 1.807) is 0 Å². The molecule has 104 heavy (non-hydrogen) atoms. The van der Waals surface area contributed by atoms with Gasteiger partial charge in [0.25, 0.3) is 0 Å². The lowest BCUT2D eigenvalue weighted by Crippen LogP contribution is -2.30. The number of phosphoric ester groups is 2. The number of aliphatic hydroxyl groups is 1. The summed E-state index contributed by atoms with van der Waals surface area (Å²) in [5, 5.41) is 10.7. The molecule has 0 aliphatic carbocycles. The summed E-state index contributed by atoms with van der Waals surface area (Å²) < 4.78 is 68.9. The third-order valence-corrected chi connectivity index (χ3v) is 22.1. The Hall–Kier alpha value is -1.94. The third kappa shape index (κ3) is 76.8. The Balaban J connectivity index is 5.27. The van der Waals surface area contributed by atoms with Gasteiger partial charge < -0.3 is 33.8 Å². The Bertz CT molecular complexity index is 2010. The lowest BCUT2D eigenvalue weighted by Gasteiger charge is -2.21. The van der Waals surface area contributed by atoms with Crippen molar-refractivity contribution in [3.8, 4) is 0 Å². The van der Waals surface area contributed by atoms with Gasteiger partial charge in [0, 0.05) is 25.7 Å². The number of aliphatic hydroxyl groups excluding tert-OH is 1. The van der Waals surface area contributed by atoms with Crippen LogP contribution in [0, 0.1) is 17.8 Å². The van der Waals surface area contributed by atoms with E-state index in [0.717, 1.165) is 108 Å². The number of carbonyl (C=O) groups excluding carboxylic acids is 4. The highest BCUT2D eigenvalue weighted by Gasteiger charge is 2.30. The van der Waals surface area contributed by atoms with Crippen LogP contribution in [0.1, 0.15) is 447 Å². The van der Waals surface area contributed by atoms with Gasteiger partial charge in [0.2, 0.25) is 0 Å². The molecule has 0 rings (SSSR count). The average Bonchev–Trinajstić information content (AvgIpc) is 0.979. The monoisotopic (exact) mass is 1520 g/mol. The van der Waals surface area contributed by atoms with Crippen LogP contribution >= 0.6 is 15.6 Å². The van der Waals surface area contributed by atoms with Gasteiger partial charge in [0.05, 0.1) is 26.4 Å². The molecule has 0 fully saturated rings. The summed E-state index contributed by atoms with van der Waals surface area (Å²) >= 11 is 0. The highest BCUT2D eigenvalue weighted by atomic mass is 31.2. The van der Waals surface area contributed by atoms with Gasteiger partial charge in [-0.25, -0.2) is 9.13 Å². The molecule has 618 valence electrons. The molecule has 0 saturated carbocycles. The van der Waals surface area contributed by atoms with E-state index in [-0.39, 0.29) is 25.7 Å². The Morgan fingerprint density at radius 1 is 0.279 bits per heavy atom. The van der Waals surface area contributed by atoms with Crippen molar-refractivity contribution in [1.82, 2.24) is 0 Å². The van der Waals surface area contributed by atoms with E-state index >= 15 is 0 Å². The summed E-state index contributed by atoms with van der Waals surface area (Å²) in [5.41, 5.74) is 0. The van der Waals surface area contributed by atoms with E-state index < -0.39 is 97.5 Å². The van der Waals surface area contributed by atoms with Crippen LogP contribution in [0.25, 0.3) is 0 Å². The number of hydrogen-bond donors (Lipinski definition) is 3. The molecular weight excluding hydrogens is 1350 g/mol. The molecule has 0 aromatic heterocycles. The van der Waals surface area contributed by atoms with Crippen LogP contribution in [-0.4, -0.2) is 96.7 Å². The van der Waals surface area contributed by atoms with Crippen molar-refractivity contribution in [3.05, 3.63) is 0 Å². The molecule has 0 bridgehead atoms. The number of hydrogen-bond acceptors (Lipinski definition) is 15. The minimum Gasteiger partial charge on any atom is -0.462 e. The number of ether oxygens (including phenoxy) is 4. The number of phosphoric acid groups is 2. The van der Waals surface area contributed by atoms with Gasteiger partial charge in [-0.05, 0) is 43.4 Å². The first-order valence-electron chi connectivity index (χ1n) is 43.9. The molecule has 0 aromatic rings. The van der Waals surface area contributed by atoms with E-state index in [1.807, 2.05) is 0 Å². The smallest absolute Gasteiger partial charge is 0.462 e. The molecule has 3 N–H and O–H groups in total. The zero-order valence-corrected chi connectivity index (χ0v) is 70.3. The molecule has 0 spiro atoms. The topological polar surface area (TPSA) is 237 Å². The SMILES string of the molecule is CCCCCCCCCCCCCCCCC(=O)O[C@H](COC(=O)CCCCCCCCCCCCC(C)C)COP(=O)(O)OC[C@H](O)COP(=O)(O)OC[C@@H](COC(=O)CCCCCCCCCCCCCCCCC(C)CC)OC(=O)CCCCCCCCCCCCCCCCCCC(C)C. The first-order chi connectivity index (χ1) is 50.3. The average molecular weight is 1520 g/mol. The van der Waals surface area contributed by atoms with Crippen LogP contribution in [0.3, 0.4) is 0 Å². The summed E-state index contributed by atoms with van der Waals surface area (Å²) in [4.78, 5) is 73.2. The second-order valence-electron chi connectivity index (χ2n) is 31.8. The van der Waals surface area contributed by atoms with Crippen molar-refractivity contribution in [3.63, 3.8) is 0 Å². The Morgan fingerprint density at radius 2 is 0.490 bits per heavy atom. The first-order valence-corrected chi connectivity index (χ1v) is 46.9. The van der Waals surface area contributed by atoms with Gasteiger partial charge >= 0.3 is 39.5 Å². The lowest BCUT2D eigenvalue weighted by molar-refractivity contribution is -0.161. The quantitative estimate of drug-likeness (QED) is 0.0222. The van der Waals surface area contributed by atoms with E-state index in [4.69, 9.17) is 37.0 Å².